The molecular formula is C14H15ClN2O. The van der Waals surface area contributed by atoms with E-state index < -0.39 is 0 Å². The van der Waals surface area contributed by atoms with Crippen LogP contribution >= 0.6 is 11.6 Å². The Morgan fingerprint density at radius 2 is 2.06 bits per heavy atom. The van der Waals surface area contributed by atoms with Gasteiger partial charge in [-0.15, -0.1) is 0 Å². The maximum absolute atomic E-state index is 6.10. The summed E-state index contributed by atoms with van der Waals surface area (Å²) in [6.45, 7) is 2.06. The first kappa shape index (κ1) is 12.7. The molecule has 0 aliphatic heterocycles. The highest BCUT2D eigenvalue weighted by molar-refractivity contribution is 6.33. The number of anilines is 1. The molecule has 94 valence electrons. The van der Waals surface area contributed by atoms with Crippen LogP contribution in [-0.4, -0.2) is 12.1 Å². The van der Waals surface area contributed by atoms with Gasteiger partial charge in [-0.05, 0) is 19.1 Å². The van der Waals surface area contributed by atoms with E-state index in [0.29, 0.717) is 5.02 Å². The fourth-order valence-corrected chi connectivity index (χ4v) is 1.98. The topological polar surface area (TPSA) is 34.1 Å². The highest BCUT2D eigenvalue weighted by Crippen LogP contribution is 2.29. The van der Waals surface area contributed by atoms with Crippen molar-refractivity contribution in [3.05, 3.63) is 53.3 Å². The number of nitrogens with zero attached hydrogens (tertiary/aromatic N) is 1. The average molecular weight is 263 g/mol. The molecule has 0 saturated carbocycles. The summed E-state index contributed by atoms with van der Waals surface area (Å²) < 4.78 is 5.35. The molecule has 1 heterocycles. The molecule has 3 nitrogen and oxygen atoms in total. The standard InChI is InChI=1S/C14H15ClN2O/c1-10(11-5-3-4-6-14(11)18-2)17-13-9-16-8-7-12(13)15/h3-10,17H,1-2H3. The minimum atomic E-state index is 0.0860. The van der Waals surface area contributed by atoms with Crippen molar-refractivity contribution >= 4 is 17.3 Å². The maximum atomic E-state index is 6.10. The fourth-order valence-electron chi connectivity index (χ4n) is 1.82. The summed E-state index contributed by atoms with van der Waals surface area (Å²) in [7, 11) is 1.67. The molecule has 1 aromatic carbocycles. The van der Waals surface area contributed by atoms with Crippen molar-refractivity contribution in [1.29, 1.82) is 0 Å². The Balaban J connectivity index is 2.22. The Morgan fingerprint density at radius 1 is 1.28 bits per heavy atom. The average Bonchev–Trinajstić information content (AvgIpc) is 2.41. The lowest BCUT2D eigenvalue weighted by molar-refractivity contribution is 0.408. The molecule has 1 atom stereocenters. The first-order chi connectivity index (χ1) is 8.72. The molecule has 2 rings (SSSR count). The van der Waals surface area contributed by atoms with Gasteiger partial charge in [0, 0.05) is 11.8 Å². The number of pyridine rings is 1. The van der Waals surface area contributed by atoms with Gasteiger partial charge < -0.3 is 10.1 Å². The van der Waals surface area contributed by atoms with E-state index in [-0.39, 0.29) is 6.04 Å². The summed E-state index contributed by atoms with van der Waals surface area (Å²) in [6.07, 6.45) is 3.38. The van der Waals surface area contributed by atoms with Gasteiger partial charge in [0.15, 0.2) is 0 Å². The molecule has 0 aliphatic carbocycles. The van der Waals surface area contributed by atoms with Crippen LogP contribution in [0.5, 0.6) is 5.75 Å². The van der Waals surface area contributed by atoms with Crippen molar-refractivity contribution in [2.45, 2.75) is 13.0 Å². The minimum absolute atomic E-state index is 0.0860. The SMILES string of the molecule is COc1ccccc1C(C)Nc1cnccc1Cl. The molecule has 0 spiro atoms. The molecule has 0 aliphatic rings. The monoisotopic (exact) mass is 262 g/mol. The van der Waals surface area contributed by atoms with Crippen LogP contribution in [0.1, 0.15) is 18.5 Å². The molecule has 1 N–H and O–H groups in total. The second-order valence-electron chi connectivity index (χ2n) is 3.96. The first-order valence-corrected chi connectivity index (χ1v) is 6.09. The van der Waals surface area contributed by atoms with Gasteiger partial charge in [0.2, 0.25) is 0 Å². The third kappa shape index (κ3) is 2.74. The van der Waals surface area contributed by atoms with Crippen molar-refractivity contribution < 1.29 is 4.74 Å². The molecule has 0 amide bonds. The predicted octanol–water partition coefficient (Wildman–Crippen LogP) is 3.92. The molecule has 2 aromatic rings. The van der Waals surface area contributed by atoms with Crippen molar-refractivity contribution in [2.75, 3.05) is 12.4 Å². The number of hydrogen-bond donors (Lipinski definition) is 1. The molecule has 0 radical (unpaired) electrons. The number of hydrogen-bond acceptors (Lipinski definition) is 3. The quantitative estimate of drug-likeness (QED) is 0.907. The molecular weight excluding hydrogens is 248 g/mol. The van der Waals surface area contributed by atoms with Crippen LogP contribution in [0.3, 0.4) is 0 Å². The van der Waals surface area contributed by atoms with Gasteiger partial charge in [0.05, 0.1) is 30.1 Å². The maximum Gasteiger partial charge on any atom is 0.124 e. The zero-order chi connectivity index (χ0) is 13.0. The summed E-state index contributed by atoms with van der Waals surface area (Å²) in [5, 5.41) is 3.99. The Kier molecular flexibility index (Phi) is 4.05. The summed E-state index contributed by atoms with van der Waals surface area (Å²) in [5.74, 6) is 0.859. The third-order valence-electron chi connectivity index (χ3n) is 2.75. The lowest BCUT2D eigenvalue weighted by Gasteiger charge is -2.18. The number of benzene rings is 1. The zero-order valence-electron chi connectivity index (χ0n) is 10.4. The Bertz CT molecular complexity index is 531. The molecule has 0 fully saturated rings. The van der Waals surface area contributed by atoms with Gasteiger partial charge >= 0.3 is 0 Å². The van der Waals surface area contributed by atoms with Gasteiger partial charge in [-0.2, -0.15) is 0 Å². The molecule has 0 saturated heterocycles. The van der Waals surface area contributed by atoms with Crippen LogP contribution in [-0.2, 0) is 0 Å². The van der Waals surface area contributed by atoms with Crippen molar-refractivity contribution in [2.24, 2.45) is 0 Å². The molecule has 0 bridgehead atoms. The van der Waals surface area contributed by atoms with E-state index in [1.807, 2.05) is 24.3 Å². The van der Waals surface area contributed by atoms with Crippen LogP contribution in [0, 0.1) is 0 Å². The Hall–Kier alpha value is -1.74. The van der Waals surface area contributed by atoms with Crippen LogP contribution < -0.4 is 10.1 Å². The van der Waals surface area contributed by atoms with E-state index >= 15 is 0 Å². The van der Waals surface area contributed by atoms with Gasteiger partial charge in [0.25, 0.3) is 0 Å². The zero-order valence-corrected chi connectivity index (χ0v) is 11.1. The summed E-state index contributed by atoms with van der Waals surface area (Å²) in [5.41, 5.74) is 1.90. The van der Waals surface area contributed by atoms with Gasteiger partial charge in [0.1, 0.15) is 5.75 Å². The molecule has 1 unspecified atom stereocenters. The molecule has 1 aromatic heterocycles. The number of rotatable bonds is 4. The lowest BCUT2D eigenvalue weighted by atomic mass is 10.1. The van der Waals surface area contributed by atoms with Crippen LogP contribution in [0.2, 0.25) is 5.02 Å². The second-order valence-corrected chi connectivity index (χ2v) is 4.37. The van der Waals surface area contributed by atoms with E-state index in [0.717, 1.165) is 17.0 Å². The van der Waals surface area contributed by atoms with Crippen LogP contribution in [0.4, 0.5) is 5.69 Å². The fraction of sp³-hybridized carbons (Fsp3) is 0.214. The van der Waals surface area contributed by atoms with Crippen LogP contribution in [0.15, 0.2) is 42.7 Å². The van der Waals surface area contributed by atoms with E-state index in [2.05, 4.69) is 17.2 Å². The number of nitrogens with one attached hydrogen (secondary N) is 1. The number of ether oxygens (including phenoxy) is 1. The molecule has 18 heavy (non-hydrogen) atoms. The van der Waals surface area contributed by atoms with Crippen molar-refractivity contribution in [1.82, 2.24) is 4.98 Å². The largest absolute Gasteiger partial charge is 0.496 e. The Morgan fingerprint density at radius 3 is 2.78 bits per heavy atom. The van der Waals surface area contributed by atoms with Crippen molar-refractivity contribution in [3.63, 3.8) is 0 Å². The van der Waals surface area contributed by atoms with E-state index in [9.17, 15) is 0 Å². The second kappa shape index (κ2) is 5.74. The first-order valence-electron chi connectivity index (χ1n) is 5.71. The van der Waals surface area contributed by atoms with E-state index in [1.165, 1.54) is 0 Å². The number of para-hydroxylation sites is 1. The third-order valence-corrected chi connectivity index (χ3v) is 3.07. The number of methoxy groups -OCH3 is 1. The van der Waals surface area contributed by atoms with Crippen LogP contribution in [0.25, 0.3) is 0 Å². The smallest absolute Gasteiger partial charge is 0.124 e. The van der Waals surface area contributed by atoms with Gasteiger partial charge in [-0.25, -0.2) is 0 Å². The van der Waals surface area contributed by atoms with Gasteiger partial charge in [-0.1, -0.05) is 29.8 Å². The normalized spacial score (nSPS) is 11.9. The predicted molar refractivity (Wildman–Crippen MR) is 74.3 cm³/mol. The molecule has 4 heteroatoms. The summed E-state index contributed by atoms with van der Waals surface area (Å²) in [6, 6.07) is 9.76. The van der Waals surface area contributed by atoms with Gasteiger partial charge in [-0.3, -0.25) is 4.98 Å². The summed E-state index contributed by atoms with van der Waals surface area (Å²) >= 11 is 6.10. The lowest BCUT2D eigenvalue weighted by Crippen LogP contribution is -2.08. The number of halogens is 1. The number of aromatic nitrogens is 1. The highest BCUT2D eigenvalue weighted by atomic mass is 35.5. The summed E-state index contributed by atoms with van der Waals surface area (Å²) in [4.78, 5) is 4.06. The Labute approximate surface area is 112 Å². The minimum Gasteiger partial charge on any atom is -0.496 e. The highest BCUT2D eigenvalue weighted by Gasteiger charge is 2.11. The van der Waals surface area contributed by atoms with Crippen molar-refractivity contribution in [3.8, 4) is 5.75 Å². The van der Waals surface area contributed by atoms with E-state index in [4.69, 9.17) is 16.3 Å². The van der Waals surface area contributed by atoms with E-state index in [1.54, 1.807) is 25.6 Å².